The minimum atomic E-state index is -1.30. The average molecular weight is 298 g/mol. The second kappa shape index (κ2) is 4.64. The van der Waals surface area contributed by atoms with Crippen molar-refractivity contribution in [2.45, 2.75) is 6.04 Å². The van der Waals surface area contributed by atoms with E-state index >= 15 is 0 Å². The molecule has 6 nitrogen and oxygen atoms in total. The monoisotopic (exact) mass is 297 g/mol. The summed E-state index contributed by atoms with van der Waals surface area (Å²) in [5.74, 6) is -1.09. The van der Waals surface area contributed by atoms with E-state index in [0.717, 1.165) is 4.47 Å². The molecule has 0 aliphatic carbocycles. The van der Waals surface area contributed by atoms with Crippen molar-refractivity contribution in [2.75, 3.05) is 0 Å². The van der Waals surface area contributed by atoms with E-state index in [1.54, 1.807) is 12.1 Å². The second-order valence-electron chi connectivity index (χ2n) is 3.27. The number of carbonyl (C=O) groups is 1. The van der Waals surface area contributed by atoms with Crippen LogP contribution in [0.25, 0.3) is 11.5 Å². The smallest absolute Gasteiger partial charge is 0.330 e. The molecule has 0 amide bonds. The maximum Gasteiger partial charge on any atom is 0.330 e. The molecule has 0 aliphatic heterocycles. The van der Waals surface area contributed by atoms with E-state index < -0.39 is 12.0 Å². The lowest BCUT2D eigenvalue weighted by Gasteiger charge is -1.98. The first-order valence-corrected chi connectivity index (χ1v) is 5.45. The third-order valence-electron chi connectivity index (χ3n) is 2.06. The average Bonchev–Trinajstić information content (AvgIpc) is 2.78. The van der Waals surface area contributed by atoms with Gasteiger partial charge in [0.15, 0.2) is 6.04 Å². The van der Waals surface area contributed by atoms with Crippen LogP contribution in [-0.4, -0.2) is 21.3 Å². The van der Waals surface area contributed by atoms with E-state index in [2.05, 4.69) is 26.1 Å². The van der Waals surface area contributed by atoms with Gasteiger partial charge in [-0.1, -0.05) is 15.9 Å². The van der Waals surface area contributed by atoms with Gasteiger partial charge in [0.1, 0.15) is 0 Å². The number of hydrogen-bond donors (Lipinski definition) is 2. The van der Waals surface area contributed by atoms with Crippen molar-refractivity contribution in [1.82, 2.24) is 10.2 Å². The zero-order chi connectivity index (χ0) is 12.4. The van der Waals surface area contributed by atoms with Gasteiger partial charge < -0.3 is 15.3 Å². The Morgan fingerprint density at radius 1 is 1.35 bits per heavy atom. The molecule has 0 spiro atoms. The summed E-state index contributed by atoms with van der Waals surface area (Å²) in [5, 5.41) is 16.0. The largest absolute Gasteiger partial charge is 0.480 e. The number of aromatic nitrogens is 2. The van der Waals surface area contributed by atoms with Crippen LogP contribution in [0.4, 0.5) is 0 Å². The SMILES string of the molecule is NC(C(=O)O)c1nnc(-c2ccc(Br)cc2)o1. The maximum atomic E-state index is 10.6. The summed E-state index contributed by atoms with van der Waals surface area (Å²) >= 11 is 3.30. The number of aliphatic carboxylic acids is 1. The third-order valence-corrected chi connectivity index (χ3v) is 2.59. The van der Waals surface area contributed by atoms with Crippen LogP contribution in [0.2, 0.25) is 0 Å². The van der Waals surface area contributed by atoms with Crippen molar-refractivity contribution in [1.29, 1.82) is 0 Å². The van der Waals surface area contributed by atoms with Gasteiger partial charge in [-0.3, -0.25) is 0 Å². The predicted molar refractivity (Wildman–Crippen MR) is 62.0 cm³/mol. The number of benzene rings is 1. The molecule has 88 valence electrons. The molecule has 7 heteroatoms. The molecule has 2 aromatic rings. The van der Waals surface area contributed by atoms with E-state index in [4.69, 9.17) is 15.3 Å². The van der Waals surface area contributed by atoms with Crippen LogP contribution < -0.4 is 5.73 Å². The van der Waals surface area contributed by atoms with E-state index in [1.807, 2.05) is 12.1 Å². The molecule has 1 aromatic carbocycles. The van der Waals surface area contributed by atoms with Crippen LogP contribution in [0.5, 0.6) is 0 Å². The predicted octanol–water partition coefficient (Wildman–Crippen LogP) is 1.58. The molecular weight excluding hydrogens is 290 g/mol. The molecule has 0 saturated carbocycles. The Kier molecular flexibility index (Phi) is 3.21. The molecule has 0 saturated heterocycles. The zero-order valence-corrected chi connectivity index (χ0v) is 10.1. The third kappa shape index (κ3) is 2.51. The van der Waals surface area contributed by atoms with Crippen molar-refractivity contribution in [3.8, 4) is 11.5 Å². The molecular formula is C10H8BrN3O3. The molecule has 0 radical (unpaired) electrons. The Bertz CT molecular complexity index is 538. The van der Waals surface area contributed by atoms with Gasteiger partial charge in [0.2, 0.25) is 11.8 Å². The molecule has 17 heavy (non-hydrogen) atoms. The molecule has 0 aliphatic rings. The Morgan fingerprint density at radius 2 is 2.00 bits per heavy atom. The fourth-order valence-electron chi connectivity index (χ4n) is 1.18. The normalized spacial score (nSPS) is 12.4. The van der Waals surface area contributed by atoms with E-state index in [9.17, 15) is 4.79 Å². The van der Waals surface area contributed by atoms with Crippen molar-refractivity contribution >= 4 is 21.9 Å². The number of halogens is 1. The van der Waals surface area contributed by atoms with Crippen LogP contribution in [0.15, 0.2) is 33.2 Å². The van der Waals surface area contributed by atoms with E-state index in [1.165, 1.54) is 0 Å². The highest BCUT2D eigenvalue weighted by atomic mass is 79.9. The highest BCUT2D eigenvalue weighted by Crippen LogP contribution is 2.21. The Labute approximate surface area is 105 Å². The number of nitrogens with two attached hydrogens (primary N) is 1. The lowest BCUT2D eigenvalue weighted by molar-refractivity contribution is -0.139. The van der Waals surface area contributed by atoms with Crippen molar-refractivity contribution in [3.63, 3.8) is 0 Å². The summed E-state index contributed by atoms with van der Waals surface area (Å²) in [4.78, 5) is 10.6. The minimum absolute atomic E-state index is 0.115. The number of rotatable bonds is 3. The summed E-state index contributed by atoms with van der Waals surface area (Å²) in [6.45, 7) is 0. The number of carboxylic acid groups (broad SMARTS) is 1. The van der Waals surface area contributed by atoms with Gasteiger partial charge in [0.05, 0.1) is 0 Å². The first-order chi connectivity index (χ1) is 8.08. The van der Waals surface area contributed by atoms with Crippen LogP contribution in [-0.2, 0) is 4.79 Å². The summed E-state index contributed by atoms with van der Waals surface area (Å²) < 4.78 is 6.11. The molecule has 2 rings (SSSR count). The summed E-state index contributed by atoms with van der Waals surface area (Å²) in [6, 6.07) is 5.88. The Balaban J connectivity index is 2.29. The lowest BCUT2D eigenvalue weighted by Crippen LogP contribution is -2.20. The van der Waals surface area contributed by atoms with E-state index in [0.29, 0.717) is 5.56 Å². The van der Waals surface area contributed by atoms with Gasteiger partial charge >= 0.3 is 5.97 Å². The van der Waals surface area contributed by atoms with Crippen LogP contribution in [0, 0.1) is 0 Å². The van der Waals surface area contributed by atoms with Gasteiger partial charge in [0.25, 0.3) is 0 Å². The Hall–Kier alpha value is -1.73. The van der Waals surface area contributed by atoms with Gasteiger partial charge in [-0.05, 0) is 24.3 Å². The number of carboxylic acids is 1. The Morgan fingerprint density at radius 3 is 2.59 bits per heavy atom. The summed E-state index contributed by atoms with van der Waals surface area (Å²) in [5.41, 5.74) is 6.05. The van der Waals surface area contributed by atoms with Gasteiger partial charge in [-0.25, -0.2) is 4.79 Å². The molecule has 1 aromatic heterocycles. The van der Waals surface area contributed by atoms with Gasteiger partial charge in [-0.15, -0.1) is 10.2 Å². The second-order valence-corrected chi connectivity index (χ2v) is 4.18. The van der Waals surface area contributed by atoms with Crippen LogP contribution >= 0.6 is 15.9 Å². The first-order valence-electron chi connectivity index (χ1n) is 4.65. The molecule has 1 atom stereocenters. The molecule has 1 unspecified atom stereocenters. The zero-order valence-electron chi connectivity index (χ0n) is 8.50. The van der Waals surface area contributed by atoms with Crippen molar-refractivity contribution in [2.24, 2.45) is 5.73 Å². The van der Waals surface area contributed by atoms with Gasteiger partial charge in [-0.2, -0.15) is 0 Å². The van der Waals surface area contributed by atoms with Gasteiger partial charge in [0, 0.05) is 10.0 Å². The minimum Gasteiger partial charge on any atom is -0.480 e. The number of hydrogen-bond acceptors (Lipinski definition) is 5. The fourth-order valence-corrected chi connectivity index (χ4v) is 1.44. The van der Waals surface area contributed by atoms with Crippen molar-refractivity contribution < 1.29 is 14.3 Å². The van der Waals surface area contributed by atoms with Crippen LogP contribution in [0.3, 0.4) is 0 Å². The standard InChI is InChI=1S/C10H8BrN3O3/c11-6-3-1-5(2-4-6)8-13-14-9(17-8)7(12)10(15)16/h1-4,7H,12H2,(H,15,16). The number of nitrogens with zero attached hydrogens (tertiary/aromatic N) is 2. The highest BCUT2D eigenvalue weighted by molar-refractivity contribution is 9.10. The molecule has 0 bridgehead atoms. The molecule has 3 N–H and O–H groups in total. The topological polar surface area (TPSA) is 102 Å². The maximum absolute atomic E-state index is 10.6. The lowest BCUT2D eigenvalue weighted by atomic mass is 10.2. The van der Waals surface area contributed by atoms with Crippen LogP contribution in [0.1, 0.15) is 11.9 Å². The summed E-state index contributed by atoms with van der Waals surface area (Å²) in [7, 11) is 0. The highest BCUT2D eigenvalue weighted by Gasteiger charge is 2.21. The summed E-state index contributed by atoms with van der Waals surface area (Å²) in [6.07, 6.45) is 0. The molecule has 0 fully saturated rings. The fraction of sp³-hybridized carbons (Fsp3) is 0.100. The van der Waals surface area contributed by atoms with Crippen molar-refractivity contribution in [3.05, 3.63) is 34.6 Å². The first kappa shape index (κ1) is 11.7. The quantitative estimate of drug-likeness (QED) is 0.892. The van der Waals surface area contributed by atoms with E-state index in [-0.39, 0.29) is 11.8 Å². The molecule has 1 heterocycles.